The molecule has 3 nitrogen and oxygen atoms in total. The Kier molecular flexibility index (Phi) is 3.10. The summed E-state index contributed by atoms with van der Waals surface area (Å²) in [6, 6.07) is 7.35. The highest BCUT2D eigenvalue weighted by Crippen LogP contribution is 2.24. The van der Waals surface area contributed by atoms with Gasteiger partial charge in [0.05, 0.1) is 0 Å². The van der Waals surface area contributed by atoms with E-state index in [4.69, 9.17) is 4.74 Å². The van der Waals surface area contributed by atoms with E-state index in [1.54, 1.807) is 13.0 Å². The lowest BCUT2D eigenvalue weighted by atomic mass is 10.1. The van der Waals surface area contributed by atoms with Crippen LogP contribution in [0, 0.1) is 0 Å². The number of halogens is 1. The molecule has 1 aromatic carbocycles. The zero-order chi connectivity index (χ0) is 11.7. The Morgan fingerprint density at radius 3 is 2.81 bits per heavy atom. The molecule has 4 heteroatoms. The standard InChI is InChI=1S/C12H11BrO3/c1-7(13)12(15)16-10-6-8-4-2-3-5-9(8)11(10)14/h2-5,7,10H,6H2,1H3. The van der Waals surface area contributed by atoms with Crippen molar-refractivity contribution >= 4 is 27.7 Å². The molecule has 2 rings (SSSR count). The lowest BCUT2D eigenvalue weighted by Gasteiger charge is -2.11. The fourth-order valence-electron chi connectivity index (χ4n) is 1.73. The lowest BCUT2D eigenvalue weighted by molar-refractivity contribution is -0.145. The SMILES string of the molecule is CC(Br)C(=O)OC1Cc2ccccc2C1=O. The van der Waals surface area contributed by atoms with Gasteiger partial charge in [0.25, 0.3) is 0 Å². The van der Waals surface area contributed by atoms with Crippen LogP contribution in [0.25, 0.3) is 0 Å². The molecule has 0 spiro atoms. The first-order valence-electron chi connectivity index (χ1n) is 5.06. The molecule has 0 N–H and O–H groups in total. The van der Waals surface area contributed by atoms with Crippen molar-refractivity contribution in [1.29, 1.82) is 0 Å². The van der Waals surface area contributed by atoms with Crippen LogP contribution < -0.4 is 0 Å². The van der Waals surface area contributed by atoms with Crippen LogP contribution in [-0.4, -0.2) is 22.7 Å². The zero-order valence-electron chi connectivity index (χ0n) is 8.77. The highest BCUT2D eigenvalue weighted by molar-refractivity contribution is 9.10. The molecule has 0 fully saturated rings. The lowest BCUT2D eigenvalue weighted by Crippen LogP contribution is -2.27. The minimum Gasteiger partial charge on any atom is -0.453 e. The number of Topliss-reactive ketones (excluding diaryl/α,β-unsaturated/α-hetero) is 1. The molecule has 0 amide bonds. The van der Waals surface area contributed by atoms with Crippen LogP contribution in [0.4, 0.5) is 0 Å². The molecular weight excluding hydrogens is 272 g/mol. The van der Waals surface area contributed by atoms with Gasteiger partial charge >= 0.3 is 5.97 Å². The quantitative estimate of drug-likeness (QED) is 0.617. The predicted molar refractivity (Wildman–Crippen MR) is 62.7 cm³/mol. The first-order chi connectivity index (χ1) is 7.59. The number of fused-ring (bicyclic) bond motifs is 1. The normalized spacial score (nSPS) is 20.4. The summed E-state index contributed by atoms with van der Waals surface area (Å²) in [7, 11) is 0. The Morgan fingerprint density at radius 1 is 1.50 bits per heavy atom. The topological polar surface area (TPSA) is 43.4 Å². The van der Waals surface area contributed by atoms with Crippen molar-refractivity contribution in [3.8, 4) is 0 Å². The molecular formula is C12H11BrO3. The van der Waals surface area contributed by atoms with E-state index in [0.717, 1.165) is 5.56 Å². The number of rotatable bonds is 2. The van der Waals surface area contributed by atoms with Gasteiger partial charge < -0.3 is 4.74 Å². The molecule has 2 atom stereocenters. The summed E-state index contributed by atoms with van der Waals surface area (Å²) < 4.78 is 5.13. The first-order valence-corrected chi connectivity index (χ1v) is 5.98. The smallest absolute Gasteiger partial charge is 0.320 e. The maximum Gasteiger partial charge on any atom is 0.320 e. The Hall–Kier alpha value is -1.16. The van der Waals surface area contributed by atoms with E-state index < -0.39 is 12.1 Å². The fraction of sp³-hybridized carbons (Fsp3) is 0.333. The van der Waals surface area contributed by atoms with E-state index in [9.17, 15) is 9.59 Å². The molecule has 16 heavy (non-hydrogen) atoms. The average Bonchev–Trinajstić information content (AvgIpc) is 2.56. The Labute approximate surface area is 102 Å². The third-order valence-corrected chi connectivity index (χ3v) is 2.94. The summed E-state index contributed by atoms with van der Waals surface area (Å²) in [6.45, 7) is 1.68. The van der Waals surface area contributed by atoms with E-state index in [2.05, 4.69) is 15.9 Å². The van der Waals surface area contributed by atoms with Crippen LogP contribution in [0.1, 0.15) is 22.8 Å². The van der Waals surface area contributed by atoms with Crippen molar-refractivity contribution in [1.82, 2.24) is 0 Å². The highest BCUT2D eigenvalue weighted by atomic mass is 79.9. The van der Waals surface area contributed by atoms with Crippen molar-refractivity contribution in [2.75, 3.05) is 0 Å². The number of esters is 1. The van der Waals surface area contributed by atoms with E-state index >= 15 is 0 Å². The van der Waals surface area contributed by atoms with Crippen LogP contribution in [0.2, 0.25) is 0 Å². The maximum atomic E-state index is 11.9. The monoisotopic (exact) mass is 282 g/mol. The highest BCUT2D eigenvalue weighted by Gasteiger charge is 2.33. The van der Waals surface area contributed by atoms with Gasteiger partial charge in [-0.05, 0) is 12.5 Å². The van der Waals surface area contributed by atoms with Crippen LogP contribution >= 0.6 is 15.9 Å². The molecule has 0 saturated carbocycles. The Morgan fingerprint density at radius 2 is 2.19 bits per heavy atom. The summed E-state index contributed by atoms with van der Waals surface area (Å²) in [4.78, 5) is 22.9. The van der Waals surface area contributed by atoms with Crippen molar-refractivity contribution in [3.05, 3.63) is 35.4 Å². The number of ether oxygens (including phenoxy) is 1. The van der Waals surface area contributed by atoms with Crippen LogP contribution in [0.15, 0.2) is 24.3 Å². The molecule has 0 heterocycles. The maximum absolute atomic E-state index is 11.9. The number of hydrogen-bond donors (Lipinski definition) is 0. The molecule has 0 bridgehead atoms. The molecule has 0 aliphatic heterocycles. The number of benzene rings is 1. The number of carbonyl (C=O) groups is 2. The van der Waals surface area contributed by atoms with Crippen LogP contribution in [0.5, 0.6) is 0 Å². The average molecular weight is 283 g/mol. The predicted octanol–water partition coefficient (Wildman–Crippen LogP) is 2.12. The molecule has 1 aromatic rings. The molecule has 0 aromatic heterocycles. The number of hydrogen-bond acceptors (Lipinski definition) is 3. The molecule has 0 radical (unpaired) electrons. The summed E-state index contributed by atoms with van der Waals surface area (Å²) in [6.07, 6.45) is -0.162. The largest absolute Gasteiger partial charge is 0.453 e. The van der Waals surface area contributed by atoms with Crippen molar-refractivity contribution in [2.45, 2.75) is 24.3 Å². The Balaban J connectivity index is 2.13. The van der Waals surface area contributed by atoms with Crippen LogP contribution in [-0.2, 0) is 16.0 Å². The fourth-order valence-corrected chi connectivity index (χ4v) is 1.84. The number of alkyl halides is 1. The summed E-state index contributed by atoms with van der Waals surface area (Å²) >= 11 is 3.12. The third-order valence-electron chi connectivity index (χ3n) is 2.56. The van der Waals surface area contributed by atoms with Gasteiger partial charge in [-0.1, -0.05) is 40.2 Å². The van der Waals surface area contributed by atoms with E-state index in [0.29, 0.717) is 12.0 Å². The van der Waals surface area contributed by atoms with Gasteiger partial charge in [-0.3, -0.25) is 9.59 Å². The van der Waals surface area contributed by atoms with Gasteiger partial charge in [-0.25, -0.2) is 0 Å². The second kappa shape index (κ2) is 4.37. The minimum absolute atomic E-state index is 0.0999. The summed E-state index contributed by atoms with van der Waals surface area (Å²) in [5.41, 5.74) is 1.62. The van der Waals surface area contributed by atoms with E-state index in [1.165, 1.54) is 0 Å². The van der Waals surface area contributed by atoms with E-state index in [1.807, 2.05) is 18.2 Å². The van der Waals surface area contributed by atoms with Crippen molar-refractivity contribution in [3.63, 3.8) is 0 Å². The second-order valence-corrected chi connectivity index (χ2v) is 5.14. The molecule has 84 valence electrons. The van der Waals surface area contributed by atoms with Crippen molar-refractivity contribution < 1.29 is 14.3 Å². The van der Waals surface area contributed by atoms with Gasteiger partial charge in [-0.15, -0.1) is 0 Å². The summed E-state index contributed by atoms with van der Waals surface area (Å²) in [5, 5.41) is 0. The van der Waals surface area contributed by atoms with Crippen molar-refractivity contribution in [2.24, 2.45) is 0 Å². The van der Waals surface area contributed by atoms with Gasteiger partial charge in [0.15, 0.2) is 6.10 Å². The first kappa shape index (κ1) is 11.3. The Bertz CT molecular complexity index is 440. The van der Waals surface area contributed by atoms with Gasteiger partial charge in [0.2, 0.25) is 5.78 Å². The number of ketones is 1. The van der Waals surface area contributed by atoms with Gasteiger partial charge in [0.1, 0.15) is 4.83 Å². The zero-order valence-corrected chi connectivity index (χ0v) is 10.4. The molecule has 1 aliphatic carbocycles. The molecule has 2 unspecified atom stereocenters. The van der Waals surface area contributed by atoms with Gasteiger partial charge in [0, 0.05) is 12.0 Å². The molecule has 1 aliphatic rings. The number of carbonyl (C=O) groups excluding carboxylic acids is 2. The summed E-state index contributed by atoms with van der Waals surface area (Å²) in [5.74, 6) is -0.497. The molecule has 0 saturated heterocycles. The second-order valence-electron chi connectivity index (χ2n) is 3.77. The van der Waals surface area contributed by atoms with Crippen LogP contribution in [0.3, 0.4) is 0 Å². The van der Waals surface area contributed by atoms with E-state index in [-0.39, 0.29) is 10.6 Å². The third kappa shape index (κ3) is 2.02. The van der Waals surface area contributed by atoms with Gasteiger partial charge in [-0.2, -0.15) is 0 Å². The minimum atomic E-state index is -0.648.